The number of fused-ring (bicyclic) bond motifs is 1. The van der Waals surface area contributed by atoms with E-state index in [2.05, 4.69) is 6.92 Å². The van der Waals surface area contributed by atoms with Crippen molar-refractivity contribution in [1.82, 2.24) is 0 Å². The van der Waals surface area contributed by atoms with Crippen molar-refractivity contribution in [2.75, 3.05) is 4.90 Å². The maximum atomic E-state index is 14.1. The van der Waals surface area contributed by atoms with Crippen LogP contribution in [-0.2, 0) is 16.3 Å². The zero-order chi connectivity index (χ0) is 22.9. The molecule has 6 heteroatoms. The van der Waals surface area contributed by atoms with E-state index in [9.17, 15) is 17.6 Å². The molecule has 4 nitrogen and oxygen atoms in total. The van der Waals surface area contributed by atoms with Crippen LogP contribution in [0, 0.1) is 12.7 Å². The van der Waals surface area contributed by atoms with Gasteiger partial charge in [0.25, 0.3) is 0 Å². The SMILES string of the molecule is CCCCc1ccc(N2C=C(C(=O)c3ccc(C)cc3)S(=O)(=O)c3ccc(F)cc32)cc1. The van der Waals surface area contributed by atoms with Gasteiger partial charge in [-0.2, -0.15) is 0 Å². The summed E-state index contributed by atoms with van der Waals surface area (Å²) in [6.07, 6.45) is 4.42. The molecule has 3 aromatic carbocycles. The van der Waals surface area contributed by atoms with Gasteiger partial charge in [-0.05, 0) is 55.7 Å². The zero-order valence-corrected chi connectivity index (χ0v) is 18.8. The molecule has 164 valence electrons. The number of halogens is 1. The number of unbranched alkanes of at least 4 members (excludes halogenated alkanes) is 1. The molecule has 0 aliphatic carbocycles. The number of benzene rings is 3. The van der Waals surface area contributed by atoms with Gasteiger partial charge in [0, 0.05) is 17.5 Å². The number of aryl methyl sites for hydroxylation is 2. The van der Waals surface area contributed by atoms with Crippen molar-refractivity contribution < 1.29 is 17.6 Å². The number of allylic oxidation sites excluding steroid dienone is 1. The Morgan fingerprint density at radius 3 is 2.31 bits per heavy atom. The number of hydrogen-bond acceptors (Lipinski definition) is 4. The minimum atomic E-state index is -4.11. The van der Waals surface area contributed by atoms with E-state index in [1.54, 1.807) is 29.2 Å². The summed E-state index contributed by atoms with van der Waals surface area (Å²) in [7, 11) is -4.11. The molecular formula is C26H24FNO3S. The highest BCUT2D eigenvalue weighted by Crippen LogP contribution is 2.40. The van der Waals surface area contributed by atoms with E-state index in [0.29, 0.717) is 5.69 Å². The third-order valence-corrected chi connectivity index (χ3v) is 7.37. The predicted octanol–water partition coefficient (Wildman–Crippen LogP) is 6.13. The van der Waals surface area contributed by atoms with Gasteiger partial charge in [0.1, 0.15) is 10.7 Å². The molecule has 0 bridgehead atoms. The molecule has 0 radical (unpaired) electrons. The van der Waals surface area contributed by atoms with Gasteiger partial charge in [-0.25, -0.2) is 12.8 Å². The van der Waals surface area contributed by atoms with Gasteiger partial charge in [0.05, 0.1) is 10.6 Å². The molecule has 0 N–H and O–H groups in total. The van der Waals surface area contributed by atoms with Gasteiger partial charge in [-0.1, -0.05) is 55.3 Å². The van der Waals surface area contributed by atoms with Crippen molar-refractivity contribution in [2.24, 2.45) is 0 Å². The predicted molar refractivity (Wildman–Crippen MR) is 124 cm³/mol. The van der Waals surface area contributed by atoms with Crippen molar-refractivity contribution in [2.45, 2.75) is 38.0 Å². The molecule has 32 heavy (non-hydrogen) atoms. The molecule has 3 aromatic rings. The number of nitrogens with zero attached hydrogens (tertiary/aromatic N) is 1. The van der Waals surface area contributed by atoms with E-state index in [0.717, 1.165) is 30.9 Å². The van der Waals surface area contributed by atoms with E-state index in [1.165, 1.54) is 23.9 Å². The minimum absolute atomic E-state index is 0.0908. The Morgan fingerprint density at radius 2 is 1.66 bits per heavy atom. The third-order valence-electron chi connectivity index (χ3n) is 5.58. The number of anilines is 2. The molecule has 0 saturated carbocycles. The maximum Gasteiger partial charge on any atom is 0.214 e. The van der Waals surface area contributed by atoms with Crippen LogP contribution in [0.1, 0.15) is 41.3 Å². The second kappa shape index (κ2) is 8.71. The fourth-order valence-electron chi connectivity index (χ4n) is 3.73. The average molecular weight is 450 g/mol. The molecule has 1 aliphatic heterocycles. The summed E-state index contributed by atoms with van der Waals surface area (Å²) in [6, 6.07) is 17.9. The highest BCUT2D eigenvalue weighted by molar-refractivity contribution is 7.96. The Balaban J connectivity index is 1.83. The van der Waals surface area contributed by atoms with Crippen LogP contribution < -0.4 is 4.90 Å². The van der Waals surface area contributed by atoms with Gasteiger partial charge in [-0.15, -0.1) is 0 Å². The number of rotatable bonds is 6. The van der Waals surface area contributed by atoms with Crippen LogP contribution in [-0.4, -0.2) is 14.2 Å². The second-order valence-electron chi connectivity index (χ2n) is 7.94. The van der Waals surface area contributed by atoms with Crippen LogP contribution >= 0.6 is 0 Å². The van der Waals surface area contributed by atoms with Crippen molar-refractivity contribution in [3.63, 3.8) is 0 Å². The molecule has 0 unspecified atom stereocenters. The first-order valence-corrected chi connectivity index (χ1v) is 12.1. The van der Waals surface area contributed by atoms with E-state index in [4.69, 9.17) is 0 Å². The monoisotopic (exact) mass is 449 g/mol. The molecule has 4 rings (SSSR count). The normalized spacial score (nSPS) is 14.6. The molecular weight excluding hydrogens is 425 g/mol. The molecule has 0 atom stereocenters. The van der Waals surface area contributed by atoms with Crippen molar-refractivity contribution >= 4 is 27.0 Å². The van der Waals surface area contributed by atoms with Gasteiger partial charge in [0.15, 0.2) is 0 Å². The lowest BCUT2D eigenvalue weighted by Gasteiger charge is -2.29. The number of carbonyl (C=O) groups is 1. The van der Waals surface area contributed by atoms with Crippen molar-refractivity contribution in [1.29, 1.82) is 0 Å². The Kier molecular flexibility index (Phi) is 5.98. The molecule has 0 amide bonds. The fourth-order valence-corrected chi connectivity index (χ4v) is 5.25. The molecule has 1 heterocycles. The van der Waals surface area contributed by atoms with E-state index in [1.807, 2.05) is 31.2 Å². The zero-order valence-electron chi connectivity index (χ0n) is 18.0. The Bertz CT molecular complexity index is 1290. The fraction of sp³-hybridized carbons (Fsp3) is 0.192. The number of sulfone groups is 1. The van der Waals surface area contributed by atoms with Gasteiger partial charge >= 0.3 is 0 Å². The number of Topliss-reactive ketones (excluding diaryl/α,β-unsaturated/α-hetero) is 1. The minimum Gasteiger partial charge on any atom is -0.314 e. The lowest BCUT2D eigenvalue weighted by atomic mass is 10.1. The Morgan fingerprint density at radius 1 is 0.969 bits per heavy atom. The van der Waals surface area contributed by atoms with Gasteiger partial charge in [0.2, 0.25) is 15.6 Å². The largest absolute Gasteiger partial charge is 0.314 e. The highest BCUT2D eigenvalue weighted by Gasteiger charge is 2.36. The van der Waals surface area contributed by atoms with Crippen LogP contribution in [0.5, 0.6) is 0 Å². The standard InChI is InChI=1S/C26H24FNO3S/c1-3-4-5-19-8-13-22(14-9-19)28-17-25(26(29)20-10-6-18(2)7-11-20)32(30,31)24-15-12-21(27)16-23(24)28/h6-17H,3-5H2,1-2H3. The van der Waals surface area contributed by atoms with E-state index in [-0.39, 0.29) is 21.1 Å². The summed E-state index contributed by atoms with van der Waals surface area (Å²) >= 11 is 0. The summed E-state index contributed by atoms with van der Waals surface area (Å²) in [6.45, 7) is 4.02. The van der Waals surface area contributed by atoms with Gasteiger partial charge < -0.3 is 4.90 Å². The first-order chi connectivity index (χ1) is 15.3. The van der Waals surface area contributed by atoms with Gasteiger partial charge in [-0.3, -0.25) is 4.79 Å². The molecule has 0 fully saturated rings. The van der Waals surface area contributed by atoms with Crippen LogP contribution in [0.2, 0.25) is 0 Å². The first kappa shape index (κ1) is 22.0. The van der Waals surface area contributed by atoms with Crippen LogP contribution in [0.15, 0.2) is 82.7 Å². The van der Waals surface area contributed by atoms with Crippen LogP contribution in [0.3, 0.4) is 0 Å². The lowest BCUT2D eigenvalue weighted by Crippen LogP contribution is -2.26. The Labute approximate surface area is 187 Å². The number of carbonyl (C=O) groups excluding carboxylic acids is 1. The maximum absolute atomic E-state index is 14.1. The molecule has 1 aliphatic rings. The second-order valence-corrected chi connectivity index (χ2v) is 9.83. The lowest BCUT2D eigenvalue weighted by molar-refractivity contribution is 0.104. The third kappa shape index (κ3) is 4.10. The van der Waals surface area contributed by atoms with E-state index >= 15 is 0 Å². The first-order valence-electron chi connectivity index (χ1n) is 10.6. The van der Waals surface area contributed by atoms with E-state index < -0.39 is 21.4 Å². The summed E-state index contributed by atoms with van der Waals surface area (Å²) < 4.78 is 40.7. The van der Waals surface area contributed by atoms with Crippen LogP contribution in [0.25, 0.3) is 0 Å². The highest BCUT2D eigenvalue weighted by atomic mass is 32.2. The van der Waals surface area contributed by atoms with Crippen molar-refractivity contribution in [3.8, 4) is 0 Å². The molecule has 0 spiro atoms. The molecule has 0 saturated heterocycles. The summed E-state index contributed by atoms with van der Waals surface area (Å²) in [5.74, 6) is -1.14. The summed E-state index contributed by atoms with van der Waals surface area (Å²) in [5.41, 5.74) is 3.26. The number of ketones is 1. The van der Waals surface area contributed by atoms with Crippen LogP contribution in [0.4, 0.5) is 15.8 Å². The van der Waals surface area contributed by atoms with Crippen molar-refractivity contribution in [3.05, 3.63) is 100 Å². The Hall–Kier alpha value is -3.25. The summed E-state index contributed by atoms with van der Waals surface area (Å²) in [4.78, 5) is 14.4. The topological polar surface area (TPSA) is 54.5 Å². The summed E-state index contributed by atoms with van der Waals surface area (Å²) in [5, 5.41) is 0. The molecule has 0 aromatic heterocycles. The quantitative estimate of drug-likeness (QED) is 0.336. The number of hydrogen-bond donors (Lipinski definition) is 0. The smallest absolute Gasteiger partial charge is 0.214 e. The average Bonchev–Trinajstić information content (AvgIpc) is 2.78.